The Labute approximate surface area is 145 Å². The van der Waals surface area contributed by atoms with E-state index in [0.717, 1.165) is 48.3 Å². The lowest BCUT2D eigenvalue weighted by atomic mass is 9.99. The maximum atomic E-state index is 12.6. The summed E-state index contributed by atoms with van der Waals surface area (Å²) in [6, 6.07) is 11.2. The van der Waals surface area contributed by atoms with Crippen LogP contribution in [0.5, 0.6) is 0 Å². The van der Waals surface area contributed by atoms with E-state index in [1.165, 1.54) is 0 Å². The summed E-state index contributed by atoms with van der Waals surface area (Å²) >= 11 is 6.37. The molecule has 0 aliphatic carbocycles. The average molecular weight is 341 g/mol. The quantitative estimate of drug-likeness (QED) is 0.905. The molecule has 2 aromatic rings. The van der Waals surface area contributed by atoms with Crippen LogP contribution in [0.1, 0.15) is 28.8 Å². The molecular formula is C19H17ClN2O2. The van der Waals surface area contributed by atoms with Crippen molar-refractivity contribution in [1.82, 2.24) is 4.90 Å². The summed E-state index contributed by atoms with van der Waals surface area (Å²) in [6.45, 7) is 1.65. The van der Waals surface area contributed by atoms with E-state index in [9.17, 15) is 9.59 Å². The van der Waals surface area contributed by atoms with Gasteiger partial charge in [0, 0.05) is 34.9 Å². The number of benzene rings is 2. The van der Waals surface area contributed by atoms with Gasteiger partial charge in [-0.15, -0.1) is 0 Å². The summed E-state index contributed by atoms with van der Waals surface area (Å²) in [4.78, 5) is 26.0. The first-order valence-electron chi connectivity index (χ1n) is 8.14. The number of halogens is 1. The van der Waals surface area contributed by atoms with Crippen LogP contribution in [0.3, 0.4) is 0 Å². The van der Waals surface area contributed by atoms with Crippen molar-refractivity contribution in [3.63, 3.8) is 0 Å². The number of rotatable bonds is 2. The molecule has 1 N–H and O–H groups in total. The smallest absolute Gasteiger partial charge is 0.253 e. The Kier molecular flexibility index (Phi) is 3.77. The summed E-state index contributed by atoms with van der Waals surface area (Å²) < 4.78 is 0. The molecule has 1 saturated heterocycles. The molecule has 5 heteroatoms. The van der Waals surface area contributed by atoms with Gasteiger partial charge in [-0.2, -0.15) is 0 Å². The van der Waals surface area contributed by atoms with E-state index in [2.05, 4.69) is 5.32 Å². The van der Waals surface area contributed by atoms with Gasteiger partial charge in [-0.05, 0) is 54.3 Å². The van der Waals surface area contributed by atoms with Crippen LogP contribution in [0.25, 0.3) is 11.1 Å². The van der Waals surface area contributed by atoms with Gasteiger partial charge >= 0.3 is 0 Å². The number of anilines is 1. The molecule has 0 radical (unpaired) electrons. The van der Waals surface area contributed by atoms with Crippen molar-refractivity contribution in [3.05, 3.63) is 52.5 Å². The standard InChI is InChI=1S/C19H17ClN2O2/c20-16-5-3-13(19(24)22-7-1-2-8-22)10-15(16)12-4-6-17-14(9-12)11-18(23)21-17/h3-6,9-10H,1-2,7-8,11H2,(H,21,23). The topological polar surface area (TPSA) is 49.4 Å². The third-order valence-electron chi connectivity index (χ3n) is 4.65. The van der Waals surface area contributed by atoms with E-state index in [0.29, 0.717) is 17.0 Å². The van der Waals surface area contributed by atoms with Crippen molar-refractivity contribution in [2.24, 2.45) is 0 Å². The van der Waals surface area contributed by atoms with Crippen LogP contribution in [-0.4, -0.2) is 29.8 Å². The fourth-order valence-electron chi connectivity index (χ4n) is 3.38. The zero-order valence-corrected chi connectivity index (χ0v) is 13.9. The van der Waals surface area contributed by atoms with E-state index in [1.807, 2.05) is 29.2 Å². The molecule has 24 heavy (non-hydrogen) atoms. The SMILES string of the molecule is O=C1Cc2cc(-c3cc(C(=O)N4CCCC4)ccc3Cl)ccc2N1. The van der Waals surface area contributed by atoms with Crippen LogP contribution in [0.4, 0.5) is 5.69 Å². The predicted molar refractivity (Wildman–Crippen MR) is 94.4 cm³/mol. The molecular weight excluding hydrogens is 324 g/mol. The number of hydrogen-bond donors (Lipinski definition) is 1. The molecule has 122 valence electrons. The van der Waals surface area contributed by atoms with Crippen LogP contribution < -0.4 is 5.32 Å². The van der Waals surface area contributed by atoms with Crippen molar-refractivity contribution in [2.45, 2.75) is 19.3 Å². The lowest BCUT2D eigenvalue weighted by Gasteiger charge is -2.16. The van der Waals surface area contributed by atoms with Gasteiger partial charge in [0.25, 0.3) is 5.91 Å². The first-order chi connectivity index (χ1) is 11.6. The first kappa shape index (κ1) is 15.2. The van der Waals surface area contributed by atoms with Crippen molar-refractivity contribution in [1.29, 1.82) is 0 Å². The third kappa shape index (κ3) is 2.67. The minimum Gasteiger partial charge on any atom is -0.339 e. The second-order valence-corrected chi connectivity index (χ2v) is 6.70. The van der Waals surface area contributed by atoms with E-state index < -0.39 is 0 Å². The number of amides is 2. The van der Waals surface area contributed by atoms with E-state index in [1.54, 1.807) is 12.1 Å². The molecule has 0 atom stereocenters. The minimum absolute atomic E-state index is 0.00575. The number of hydrogen-bond acceptors (Lipinski definition) is 2. The monoisotopic (exact) mass is 340 g/mol. The highest BCUT2D eigenvalue weighted by Gasteiger charge is 2.21. The van der Waals surface area contributed by atoms with Crippen LogP contribution in [-0.2, 0) is 11.2 Å². The van der Waals surface area contributed by atoms with E-state index in [-0.39, 0.29) is 11.8 Å². The Balaban J connectivity index is 1.70. The Morgan fingerprint density at radius 3 is 2.67 bits per heavy atom. The van der Waals surface area contributed by atoms with Crippen LogP contribution in [0.2, 0.25) is 5.02 Å². The van der Waals surface area contributed by atoms with Crippen molar-refractivity contribution < 1.29 is 9.59 Å². The average Bonchev–Trinajstić information content (AvgIpc) is 3.22. The number of fused-ring (bicyclic) bond motifs is 1. The number of nitrogens with one attached hydrogen (secondary N) is 1. The molecule has 0 spiro atoms. The molecule has 4 nitrogen and oxygen atoms in total. The summed E-state index contributed by atoms with van der Waals surface area (Å²) in [7, 11) is 0. The zero-order chi connectivity index (χ0) is 16.7. The number of carbonyl (C=O) groups excluding carboxylic acids is 2. The second kappa shape index (κ2) is 5.95. The van der Waals surface area contributed by atoms with E-state index in [4.69, 9.17) is 11.6 Å². The molecule has 4 rings (SSSR count). The van der Waals surface area contributed by atoms with Crippen molar-refractivity contribution in [3.8, 4) is 11.1 Å². The Hall–Kier alpha value is -2.33. The highest BCUT2D eigenvalue weighted by Crippen LogP contribution is 2.33. The first-order valence-corrected chi connectivity index (χ1v) is 8.51. The van der Waals surface area contributed by atoms with Gasteiger partial charge in [0.1, 0.15) is 0 Å². The highest BCUT2D eigenvalue weighted by molar-refractivity contribution is 6.33. The second-order valence-electron chi connectivity index (χ2n) is 6.29. The summed E-state index contributed by atoms with van der Waals surface area (Å²) in [6.07, 6.45) is 2.52. The van der Waals surface area contributed by atoms with Crippen molar-refractivity contribution in [2.75, 3.05) is 18.4 Å². The lowest BCUT2D eigenvalue weighted by molar-refractivity contribution is -0.115. The molecule has 2 amide bonds. The van der Waals surface area contributed by atoms with Gasteiger partial charge in [-0.25, -0.2) is 0 Å². The molecule has 0 aromatic heterocycles. The predicted octanol–water partition coefficient (Wildman–Crippen LogP) is 3.74. The maximum absolute atomic E-state index is 12.6. The fourth-order valence-corrected chi connectivity index (χ4v) is 3.61. The summed E-state index contributed by atoms with van der Waals surface area (Å²) in [5.74, 6) is 0.0645. The van der Waals surface area contributed by atoms with Crippen LogP contribution in [0, 0.1) is 0 Å². The minimum atomic E-state index is 0.00575. The largest absolute Gasteiger partial charge is 0.339 e. The number of nitrogens with zero attached hydrogens (tertiary/aromatic N) is 1. The van der Waals surface area contributed by atoms with Gasteiger partial charge in [0.15, 0.2) is 0 Å². The molecule has 1 fully saturated rings. The van der Waals surface area contributed by atoms with Crippen molar-refractivity contribution >= 4 is 29.1 Å². The molecule has 0 unspecified atom stereocenters. The third-order valence-corrected chi connectivity index (χ3v) is 4.98. The molecule has 2 heterocycles. The normalized spacial score (nSPS) is 16.2. The molecule has 0 bridgehead atoms. The van der Waals surface area contributed by atoms with Crippen LogP contribution in [0.15, 0.2) is 36.4 Å². The Bertz CT molecular complexity index is 841. The Morgan fingerprint density at radius 1 is 1.08 bits per heavy atom. The van der Waals surface area contributed by atoms with Crippen LogP contribution >= 0.6 is 11.6 Å². The molecule has 2 aliphatic rings. The Morgan fingerprint density at radius 2 is 1.88 bits per heavy atom. The summed E-state index contributed by atoms with van der Waals surface area (Å²) in [5.41, 5.74) is 4.22. The highest BCUT2D eigenvalue weighted by atomic mass is 35.5. The van der Waals surface area contributed by atoms with Gasteiger partial charge < -0.3 is 10.2 Å². The van der Waals surface area contributed by atoms with E-state index >= 15 is 0 Å². The molecule has 2 aliphatic heterocycles. The number of likely N-dealkylation sites (tertiary alicyclic amines) is 1. The number of carbonyl (C=O) groups is 2. The zero-order valence-electron chi connectivity index (χ0n) is 13.1. The van der Waals surface area contributed by atoms with Gasteiger partial charge in [0.05, 0.1) is 6.42 Å². The lowest BCUT2D eigenvalue weighted by Crippen LogP contribution is -2.27. The van der Waals surface area contributed by atoms with Gasteiger partial charge in [-0.1, -0.05) is 17.7 Å². The molecule has 2 aromatic carbocycles. The fraction of sp³-hybridized carbons (Fsp3) is 0.263. The maximum Gasteiger partial charge on any atom is 0.253 e. The molecule has 0 saturated carbocycles. The summed E-state index contributed by atoms with van der Waals surface area (Å²) in [5, 5.41) is 3.43. The van der Waals surface area contributed by atoms with Gasteiger partial charge in [-0.3, -0.25) is 9.59 Å². The van der Waals surface area contributed by atoms with Gasteiger partial charge in [0.2, 0.25) is 5.91 Å².